The highest BCUT2D eigenvalue weighted by Gasteiger charge is 2.06. The topological polar surface area (TPSA) is 89.9 Å². The highest BCUT2D eigenvalue weighted by atomic mass is 32.2. The van der Waals surface area contributed by atoms with E-state index in [1.165, 1.54) is 0 Å². The lowest BCUT2D eigenvalue weighted by molar-refractivity contribution is -0.137. The van der Waals surface area contributed by atoms with Crippen LogP contribution in [0.15, 0.2) is 12.7 Å². The predicted molar refractivity (Wildman–Crippen MR) is 76.1 cm³/mol. The average Bonchev–Trinajstić information content (AvgIpc) is 2.37. The van der Waals surface area contributed by atoms with E-state index in [9.17, 15) is 13.2 Å². The maximum Gasteiger partial charge on any atom is 0.330 e. The number of unbranched alkanes of at least 4 members (excludes halogenated alkanes) is 2. The van der Waals surface area contributed by atoms with Crippen molar-refractivity contribution in [2.45, 2.75) is 45.1 Å². The molecule has 0 fully saturated rings. The van der Waals surface area contributed by atoms with Crippen molar-refractivity contribution in [2.24, 2.45) is 0 Å². The number of hydrogen-bond donors (Lipinski definition) is 1. The summed E-state index contributed by atoms with van der Waals surface area (Å²) < 4.78 is 39.9. The third-order valence-electron chi connectivity index (χ3n) is 2.61. The third-order valence-corrected chi connectivity index (χ3v) is 3.42. The van der Waals surface area contributed by atoms with Crippen molar-refractivity contribution >= 4 is 16.1 Å². The minimum Gasteiger partial charge on any atom is -0.463 e. The summed E-state index contributed by atoms with van der Waals surface area (Å²) in [4.78, 5) is 10.7. The molecule has 0 aromatic carbocycles. The maximum atomic E-state index is 10.7. The van der Waals surface area contributed by atoms with Gasteiger partial charge in [0.1, 0.15) is 0 Å². The standard InChI is InChI=1S/C13H24O6S/c1-3-13(14)19-10-6-5-9-18-12(2)8-4-7-11-20(15,16)17/h3,12H,1,4-11H2,2H3,(H,15,16,17). The lowest BCUT2D eigenvalue weighted by Crippen LogP contribution is -2.11. The summed E-state index contributed by atoms with van der Waals surface area (Å²) >= 11 is 0. The molecular formula is C13H24O6S. The van der Waals surface area contributed by atoms with Gasteiger partial charge in [-0.05, 0) is 39.0 Å². The molecule has 1 N–H and O–H groups in total. The Bertz CT molecular complexity index is 376. The van der Waals surface area contributed by atoms with Crippen LogP contribution in [0.1, 0.15) is 39.0 Å². The van der Waals surface area contributed by atoms with Gasteiger partial charge < -0.3 is 9.47 Å². The smallest absolute Gasteiger partial charge is 0.330 e. The van der Waals surface area contributed by atoms with E-state index in [-0.39, 0.29) is 11.9 Å². The van der Waals surface area contributed by atoms with Gasteiger partial charge in [0.15, 0.2) is 0 Å². The number of ether oxygens (including phenoxy) is 2. The number of rotatable bonds is 12. The zero-order chi connectivity index (χ0) is 15.4. The van der Waals surface area contributed by atoms with Crippen LogP contribution in [0.3, 0.4) is 0 Å². The first-order valence-corrected chi connectivity index (χ1v) is 8.32. The average molecular weight is 308 g/mol. The van der Waals surface area contributed by atoms with E-state index in [4.69, 9.17) is 14.0 Å². The van der Waals surface area contributed by atoms with Crippen LogP contribution >= 0.6 is 0 Å². The first-order chi connectivity index (χ1) is 9.35. The van der Waals surface area contributed by atoms with E-state index >= 15 is 0 Å². The predicted octanol–water partition coefficient (Wildman–Crippen LogP) is 1.96. The first-order valence-electron chi connectivity index (χ1n) is 6.71. The molecule has 0 saturated carbocycles. The van der Waals surface area contributed by atoms with E-state index < -0.39 is 16.1 Å². The molecule has 7 heteroatoms. The second kappa shape index (κ2) is 10.8. The van der Waals surface area contributed by atoms with E-state index in [0.29, 0.717) is 26.1 Å². The number of carbonyl (C=O) groups is 1. The normalized spacial score (nSPS) is 12.9. The van der Waals surface area contributed by atoms with Gasteiger partial charge in [0.2, 0.25) is 0 Å². The summed E-state index contributed by atoms with van der Waals surface area (Å²) in [5.74, 6) is -0.618. The fourth-order valence-electron chi connectivity index (χ4n) is 1.52. The highest BCUT2D eigenvalue weighted by molar-refractivity contribution is 7.85. The summed E-state index contributed by atoms with van der Waals surface area (Å²) in [6.45, 7) is 6.15. The molecule has 20 heavy (non-hydrogen) atoms. The van der Waals surface area contributed by atoms with Crippen LogP contribution in [0, 0.1) is 0 Å². The first kappa shape index (κ1) is 19.1. The van der Waals surface area contributed by atoms with Crippen molar-refractivity contribution < 1.29 is 27.2 Å². The fourth-order valence-corrected chi connectivity index (χ4v) is 2.09. The molecule has 0 amide bonds. The number of hydrogen-bond acceptors (Lipinski definition) is 5. The van der Waals surface area contributed by atoms with Gasteiger partial charge >= 0.3 is 5.97 Å². The Labute approximate surface area is 120 Å². The van der Waals surface area contributed by atoms with Gasteiger partial charge in [0, 0.05) is 12.7 Å². The van der Waals surface area contributed by atoms with Gasteiger partial charge in [0.05, 0.1) is 18.5 Å². The maximum absolute atomic E-state index is 10.7. The molecule has 0 aromatic rings. The lowest BCUT2D eigenvalue weighted by Gasteiger charge is -2.12. The van der Waals surface area contributed by atoms with Crippen LogP contribution in [-0.4, -0.2) is 44.0 Å². The van der Waals surface area contributed by atoms with Gasteiger partial charge in [-0.2, -0.15) is 8.42 Å². The Hall–Kier alpha value is -0.920. The second-order valence-electron chi connectivity index (χ2n) is 4.54. The van der Waals surface area contributed by atoms with Crippen LogP contribution in [0.25, 0.3) is 0 Å². The molecule has 0 aromatic heterocycles. The molecule has 118 valence electrons. The molecule has 0 aliphatic heterocycles. The Morgan fingerprint density at radius 3 is 2.50 bits per heavy atom. The summed E-state index contributed by atoms with van der Waals surface area (Å²) in [6, 6.07) is 0. The van der Waals surface area contributed by atoms with E-state index in [1.54, 1.807) is 0 Å². The number of esters is 1. The SMILES string of the molecule is C=CC(=O)OCCCCOC(C)CCCCS(=O)(=O)O. The summed E-state index contributed by atoms with van der Waals surface area (Å²) in [6.07, 6.45) is 4.58. The molecule has 0 radical (unpaired) electrons. The van der Waals surface area contributed by atoms with Gasteiger partial charge in [-0.1, -0.05) is 6.58 Å². The molecular weight excluding hydrogens is 284 g/mol. The Morgan fingerprint density at radius 1 is 1.25 bits per heavy atom. The zero-order valence-corrected chi connectivity index (χ0v) is 12.7. The molecule has 0 rings (SSSR count). The van der Waals surface area contributed by atoms with Crippen molar-refractivity contribution in [3.05, 3.63) is 12.7 Å². The molecule has 0 heterocycles. The summed E-state index contributed by atoms with van der Waals surface area (Å²) in [5.41, 5.74) is 0. The van der Waals surface area contributed by atoms with Crippen molar-refractivity contribution in [3.8, 4) is 0 Å². The van der Waals surface area contributed by atoms with Crippen LogP contribution in [-0.2, 0) is 24.4 Å². The van der Waals surface area contributed by atoms with E-state index in [1.807, 2.05) is 6.92 Å². The molecule has 6 nitrogen and oxygen atoms in total. The van der Waals surface area contributed by atoms with Crippen molar-refractivity contribution in [1.29, 1.82) is 0 Å². The van der Waals surface area contributed by atoms with Crippen molar-refractivity contribution in [2.75, 3.05) is 19.0 Å². The van der Waals surface area contributed by atoms with Gasteiger partial charge in [-0.25, -0.2) is 4.79 Å². The van der Waals surface area contributed by atoms with Crippen LogP contribution in [0.5, 0.6) is 0 Å². The molecule has 1 unspecified atom stereocenters. The van der Waals surface area contributed by atoms with E-state index in [0.717, 1.165) is 25.3 Å². The van der Waals surface area contributed by atoms with Crippen LogP contribution in [0.4, 0.5) is 0 Å². The quantitative estimate of drug-likeness (QED) is 0.256. The van der Waals surface area contributed by atoms with Gasteiger partial charge in [-0.3, -0.25) is 4.55 Å². The molecule has 0 aliphatic carbocycles. The summed E-state index contributed by atoms with van der Waals surface area (Å²) in [5, 5.41) is 0. The highest BCUT2D eigenvalue weighted by Crippen LogP contribution is 2.06. The Morgan fingerprint density at radius 2 is 1.90 bits per heavy atom. The largest absolute Gasteiger partial charge is 0.463 e. The monoisotopic (exact) mass is 308 g/mol. The second-order valence-corrected chi connectivity index (χ2v) is 6.11. The van der Waals surface area contributed by atoms with Gasteiger partial charge in [0.25, 0.3) is 10.1 Å². The number of carbonyl (C=O) groups excluding carboxylic acids is 1. The minimum absolute atomic E-state index is 0.0483. The summed E-state index contributed by atoms with van der Waals surface area (Å²) in [7, 11) is -3.85. The van der Waals surface area contributed by atoms with E-state index in [2.05, 4.69) is 6.58 Å². The molecule has 1 atom stereocenters. The third kappa shape index (κ3) is 13.5. The Kier molecular flexibility index (Phi) is 10.3. The van der Waals surface area contributed by atoms with Crippen molar-refractivity contribution in [1.82, 2.24) is 0 Å². The Balaban J connectivity index is 3.38. The van der Waals surface area contributed by atoms with Crippen molar-refractivity contribution in [3.63, 3.8) is 0 Å². The van der Waals surface area contributed by atoms with Gasteiger partial charge in [-0.15, -0.1) is 0 Å². The molecule has 0 aliphatic rings. The zero-order valence-electron chi connectivity index (χ0n) is 11.9. The molecule has 0 bridgehead atoms. The fraction of sp³-hybridized carbons (Fsp3) is 0.769. The molecule has 0 saturated heterocycles. The lowest BCUT2D eigenvalue weighted by atomic mass is 10.2. The van der Waals surface area contributed by atoms with Crippen LogP contribution < -0.4 is 0 Å². The minimum atomic E-state index is -3.85. The molecule has 0 spiro atoms. The van der Waals surface area contributed by atoms with Crippen LogP contribution in [0.2, 0.25) is 0 Å².